The van der Waals surface area contributed by atoms with E-state index in [0.29, 0.717) is 12.3 Å². The molecule has 0 aliphatic carbocycles. The van der Waals surface area contributed by atoms with E-state index in [9.17, 15) is 9.18 Å². The van der Waals surface area contributed by atoms with Gasteiger partial charge < -0.3 is 5.32 Å². The molecule has 0 unspecified atom stereocenters. The molecule has 0 saturated carbocycles. The molecule has 0 aromatic heterocycles. The molecule has 0 fully saturated rings. The number of hydrogen-bond acceptors (Lipinski definition) is 2. The predicted molar refractivity (Wildman–Crippen MR) is 85.0 cm³/mol. The van der Waals surface area contributed by atoms with Gasteiger partial charge in [-0.25, -0.2) is 4.39 Å². The van der Waals surface area contributed by atoms with Gasteiger partial charge in [0, 0.05) is 11.4 Å². The average Bonchev–Trinajstić information content (AvgIpc) is 2.53. The van der Waals surface area contributed by atoms with Crippen molar-refractivity contribution in [3.63, 3.8) is 0 Å². The van der Waals surface area contributed by atoms with Gasteiger partial charge in [0.25, 0.3) is 0 Å². The minimum Gasteiger partial charge on any atom is -0.355 e. The highest BCUT2D eigenvalue weighted by atomic mass is 32.2. The van der Waals surface area contributed by atoms with Crippen LogP contribution in [0.15, 0.2) is 59.5 Å². The first kappa shape index (κ1) is 15.6. The predicted octanol–water partition coefficient (Wildman–Crippen LogP) is 3.84. The van der Waals surface area contributed by atoms with E-state index >= 15 is 0 Å². The SMILES string of the molecule is C[C@H](CNC(=O)CSc1ccc(F)cc1)c1ccccc1. The second-order valence-electron chi connectivity index (χ2n) is 4.86. The first-order chi connectivity index (χ1) is 10.1. The van der Waals surface area contributed by atoms with Crippen LogP contribution in [0.1, 0.15) is 18.4 Å². The van der Waals surface area contributed by atoms with Crippen molar-refractivity contribution in [1.82, 2.24) is 5.32 Å². The first-order valence-electron chi connectivity index (χ1n) is 6.85. The van der Waals surface area contributed by atoms with Gasteiger partial charge in [-0.15, -0.1) is 11.8 Å². The molecule has 0 bridgehead atoms. The topological polar surface area (TPSA) is 29.1 Å². The quantitative estimate of drug-likeness (QED) is 0.822. The largest absolute Gasteiger partial charge is 0.355 e. The Morgan fingerprint density at radius 3 is 2.48 bits per heavy atom. The molecule has 2 aromatic rings. The van der Waals surface area contributed by atoms with Crippen LogP contribution in [0.5, 0.6) is 0 Å². The summed E-state index contributed by atoms with van der Waals surface area (Å²) in [5.41, 5.74) is 1.21. The summed E-state index contributed by atoms with van der Waals surface area (Å²) in [6.45, 7) is 2.70. The molecule has 110 valence electrons. The van der Waals surface area contributed by atoms with Crippen molar-refractivity contribution in [2.45, 2.75) is 17.7 Å². The van der Waals surface area contributed by atoms with E-state index in [4.69, 9.17) is 0 Å². The van der Waals surface area contributed by atoms with Crippen molar-refractivity contribution in [3.05, 3.63) is 66.0 Å². The molecule has 1 amide bonds. The highest BCUT2D eigenvalue weighted by Crippen LogP contribution is 2.18. The Hall–Kier alpha value is -1.81. The fraction of sp³-hybridized carbons (Fsp3) is 0.235. The minimum absolute atomic E-state index is 0.00731. The Balaban J connectivity index is 1.73. The van der Waals surface area contributed by atoms with Crippen LogP contribution in [0.3, 0.4) is 0 Å². The van der Waals surface area contributed by atoms with Crippen molar-refractivity contribution in [2.75, 3.05) is 12.3 Å². The number of thioether (sulfide) groups is 1. The van der Waals surface area contributed by atoms with Gasteiger partial charge >= 0.3 is 0 Å². The van der Waals surface area contributed by atoms with Gasteiger partial charge in [-0.2, -0.15) is 0 Å². The molecule has 2 rings (SSSR count). The monoisotopic (exact) mass is 303 g/mol. The number of rotatable bonds is 6. The van der Waals surface area contributed by atoms with Gasteiger partial charge in [0.15, 0.2) is 0 Å². The van der Waals surface area contributed by atoms with E-state index in [1.165, 1.54) is 29.5 Å². The summed E-state index contributed by atoms with van der Waals surface area (Å²) in [4.78, 5) is 12.7. The zero-order chi connectivity index (χ0) is 15.1. The molecule has 0 aliphatic rings. The van der Waals surface area contributed by atoms with E-state index in [-0.39, 0.29) is 17.6 Å². The van der Waals surface area contributed by atoms with Crippen LogP contribution in [-0.2, 0) is 4.79 Å². The Kier molecular flexibility index (Phi) is 5.81. The fourth-order valence-corrected chi connectivity index (χ4v) is 2.63. The molecule has 0 aliphatic heterocycles. The Morgan fingerprint density at radius 1 is 1.14 bits per heavy atom. The highest BCUT2D eigenvalue weighted by Gasteiger charge is 2.08. The average molecular weight is 303 g/mol. The maximum Gasteiger partial charge on any atom is 0.230 e. The van der Waals surface area contributed by atoms with Crippen LogP contribution in [0.2, 0.25) is 0 Å². The van der Waals surface area contributed by atoms with Crippen LogP contribution in [0.4, 0.5) is 4.39 Å². The number of carbonyl (C=O) groups is 1. The molecular formula is C17H18FNOS. The van der Waals surface area contributed by atoms with Crippen molar-refractivity contribution in [2.24, 2.45) is 0 Å². The van der Waals surface area contributed by atoms with Gasteiger partial charge in [-0.05, 0) is 35.7 Å². The molecule has 0 radical (unpaired) electrons. The minimum atomic E-state index is -0.263. The number of hydrogen-bond donors (Lipinski definition) is 1. The maximum absolute atomic E-state index is 12.8. The van der Waals surface area contributed by atoms with Crippen molar-refractivity contribution >= 4 is 17.7 Å². The first-order valence-corrected chi connectivity index (χ1v) is 7.83. The lowest BCUT2D eigenvalue weighted by Crippen LogP contribution is -2.28. The zero-order valence-electron chi connectivity index (χ0n) is 11.9. The lowest BCUT2D eigenvalue weighted by Gasteiger charge is -2.13. The van der Waals surface area contributed by atoms with E-state index in [1.807, 2.05) is 18.2 Å². The number of benzene rings is 2. The van der Waals surface area contributed by atoms with E-state index in [1.54, 1.807) is 12.1 Å². The fourth-order valence-electron chi connectivity index (χ4n) is 1.90. The lowest BCUT2D eigenvalue weighted by molar-refractivity contribution is -0.118. The number of halogens is 1. The van der Waals surface area contributed by atoms with E-state index in [2.05, 4.69) is 24.4 Å². The second kappa shape index (κ2) is 7.84. The van der Waals surface area contributed by atoms with Gasteiger partial charge in [-0.3, -0.25) is 4.79 Å². The summed E-state index contributed by atoms with van der Waals surface area (Å²) in [6.07, 6.45) is 0. The lowest BCUT2D eigenvalue weighted by atomic mass is 10.0. The molecule has 1 N–H and O–H groups in total. The maximum atomic E-state index is 12.8. The molecule has 0 spiro atoms. The van der Waals surface area contributed by atoms with Crippen molar-refractivity contribution in [3.8, 4) is 0 Å². The van der Waals surface area contributed by atoms with Crippen LogP contribution in [-0.4, -0.2) is 18.2 Å². The Bertz CT molecular complexity index is 571. The summed E-state index contributed by atoms with van der Waals surface area (Å²) >= 11 is 1.41. The van der Waals surface area contributed by atoms with Gasteiger partial charge in [0.1, 0.15) is 5.82 Å². The smallest absolute Gasteiger partial charge is 0.230 e. The van der Waals surface area contributed by atoms with Gasteiger partial charge in [0.2, 0.25) is 5.91 Å². The summed E-state index contributed by atoms with van der Waals surface area (Å²) in [7, 11) is 0. The standard InChI is InChI=1S/C17H18FNOS/c1-13(14-5-3-2-4-6-14)11-19-17(20)12-21-16-9-7-15(18)8-10-16/h2-10,13H,11-12H2,1H3,(H,19,20)/t13-/m1/s1. The summed E-state index contributed by atoms with van der Waals surface area (Å²) < 4.78 is 12.8. The summed E-state index contributed by atoms with van der Waals surface area (Å²) in [6, 6.07) is 16.3. The molecule has 0 heterocycles. The molecule has 4 heteroatoms. The van der Waals surface area contributed by atoms with Gasteiger partial charge in [-0.1, -0.05) is 37.3 Å². The number of carbonyl (C=O) groups excluding carboxylic acids is 1. The summed E-state index contributed by atoms with van der Waals surface area (Å²) in [5, 5.41) is 2.93. The van der Waals surface area contributed by atoms with Crippen LogP contribution < -0.4 is 5.32 Å². The number of amides is 1. The third-order valence-corrected chi connectivity index (χ3v) is 4.17. The zero-order valence-corrected chi connectivity index (χ0v) is 12.7. The Morgan fingerprint density at radius 2 is 1.81 bits per heavy atom. The third kappa shape index (κ3) is 5.23. The van der Waals surface area contributed by atoms with E-state index in [0.717, 1.165) is 4.90 Å². The highest BCUT2D eigenvalue weighted by molar-refractivity contribution is 8.00. The second-order valence-corrected chi connectivity index (χ2v) is 5.91. The third-order valence-electron chi connectivity index (χ3n) is 3.16. The van der Waals surface area contributed by atoms with Crippen LogP contribution >= 0.6 is 11.8 Å². The van der Waals surface area contributed by atoms with Gasteiger partial charge in [0.05, 0.1) is 5.75 Å². The molecular weight excluding hydrogens is 285 g/mol. The normalized spacial score (nSPS) is 11.9. The molecule has 1 atom stereocenters. The van der Waals surface area contributed by atoms with Crippen molar-refractivity contribution < 1.29 is 9.18 Å². The molecule has 2 nitrogen and oxygen atoms in total. The molecule has 0 saturated heterocycles. The molecule has 21 heavy (non-hydrogen) atoms. The molecule has 2 aromatic carbocycles. The Labute approximate surface area is 128 Å². The summed E-state index contributed by atoms with van der Waals surface area (Å²) in [5.74, 6) is 0.353. The van der Waals surface area contributed by atoms with Crippen LogP contribution in [0, 0.1) is 5.82 Å². The van der Waals surface area contributed by atoms with E-state index < -0.39 is 0 Å². The number of nitrogens with one attached hydrogen (secondary N) is 1. The van der Waals surface area contributed by atoms with Crippen molar-refractivity contribution in [1.29, 1.82) is 0 Å². The van der Waals surface area contributed by atoms with Crippen LogP contribution in [0.25, 0.3) is 0 Å².